The van der Waals surface area contributed by atoms with E-state index in [1.54, 1.807) is 4.90 Å². The van der Waals surface area contributed by atoms with Gasteiger partial charge >= 0.3 is 7.12 Å². The van der Waals surface area contributed by atoms with E-state index in [0.717, 1.165) is 32.1 Å². The average molecular weight is 403 g/mol. The van der Waals surface area contributed by atoms with E-state index in [4.69, 9.17) is 0 Å². The maximum atomic E-state index is 12.4. The zero-order chi connectivity index (χ0) is 21.2. The zero-order valence-electron chi connectivity index (χ0n) is 17.5. The number of nitrogens with zero attached hydrogens (tertiary/aromatic N) is 1. The number of carbonyl (C=O) groups is 2. The van der Waals surface area contributed by atoms with Gasteiger partial charge in [-0.3, -0.25) is 9.59 Å². The van der Waals surface area contributed by atoms with Gasteiger partial charge in [-0.05, 0) is 50.7 Å². The summed E-state index contributed by atoms with van der Waals surface area (Å²) in [5, 5.41) is 25.1. The molecule has 1 aliphatic heterocycles. The predicted molar refractivity (Wildman–Crippen MR) is 114 cm³/mol. The Morgan fingerprint density at radius 2 is 1.66 bits per heavy atom. The summed E-state index contributed by atoms with van der Waals surface area (Å²) in [6.45, 7) is 4.80. The minimum absolute atomic E-state index is 0.0372. The zero-order valence-corrected chi connectivity index (χ0v) is 17.5. The Hall–Kier alpha value is -1.90. The molecule has 1 heterocycles. The Bertz CT molecular complexity index is 636. The summed E-state index contributed by atoms with van der Waals surface area (Å²) in [4.78, 5) is 26.2. The summed E-state index contributed by atoms with van der Waals surface area (Å²) in [6, 6.07) is 9.63. The fourth-order valence-electron chi connectivity index (χ4n) is 4.05. The highest BCUT2D eigenvalue weighted by Crippen LogP contribution is 2.20. The molecule has 1 unspecified atom stereocenters. The molecule has 0 radical (unpaired) electrons. The topological polar surface area (TPSA) is 102 Å². The lowest BCUT2D eigenvalue weighted by molar-refractivity contribution is -0.130. The monoisotopic (exact) mass is 403 g/mol. The molecule has 29 heavy (non-hydrogen) atoms. The van der Waals surface area contributed by atoms with Gasteiger partial charge in [0.1, 0.15) is 0 Å². The van der Waals surface area contributed by atoms with Crippen LogP contribution in [0.4, 0.5) is 0 Å². The summed E-state index contributed by atoms with van der Waals surface area (Å²) in [7, 11) is -1.47. The largest absolute Gasteiger partial charge is 0.475 e. The van der Waals surface area contributed by atoms with Crippen LogP contribution in [0.3, 0.4) is 0 Å². The maximum Gasteiger partial charge on any atom is 0.475 e. The van der Waals surface area contributed by atoms with Gasteiger partial charge in [-0.2, -0.15) is 0 Å². The second-order valence-corrected chi connectivity index (χ2v) is 7.48. The maximum absolute atomic E-state index is 12.4. The molecule has 2 fully saturated rings. The Balaban J connectivity index is 0.00000145. The van der Waals surface area contributed by atoms with E-state index in [-0.39, 0.29) is 30.4 Å². The fourth-order valence-corrected chi connectivity index (χ4v) is 4.05. The first-order valence-corrected chi connectivity index (χ1v) is 10.8. The lowest BCUT2D eigenvalue weighted by Crippen LogP contribution is -2.50. The summed E-state index contributed by atoms with van der Waals surface area (Å²) in [5.41, 5.74) is 0.676. The SMILES string of the molecule is CC.O=C(NC1CCC(NCC(=O)N2CCCC2B(O)O)CC1)c1ccccc1. The number of hydrogen-bond acceptors (Lipinski definition) is 5. The molecule has 7 nitrogen and oxygen atoms in total. The first kappa shape index (κ1) is 23.4. The molecule has 1 aliphatic carbocycles. The van der Waals surface area contributed by atoms with Crippen molar-refractivity contribution in [3.05, 3.63) is 35.9 Å². The van der Waals surface area contributed by atoms with Gasteiger partial charge in [0, 0.05) is 24.2 Å². The highest BCUT2D eigenvalue weighted by atomic mass is 16.4. The number of likely N-dealkylation sites (tertiary alicyclic amines) is 1. The number of benzene rings is 1. The molecule has 3 rings (SSSR count). The summed E-state index contributed by atoms with van der Waals surface area (Å²) >= 11 is 0. The molecule has 0 bridgehead atoms. The van der Waals surface area contributed by atoms with Crippen molar-refractivity contribution < 1.29 is 19.6 Å². The van der Waals surface area contributed by atoms with Crippen LogP contribution in [0.2, 0.25) is 0 Å². The number of amides is 2. The van der Waals surface area contributed by atoms with E-state index in [1.807, 2.05) is 44.2 Å². The van der Waals surface area contributed by atoms with Crippen molar-refractivity contribution >= 4 is 18.9 Å². The second kappa shape index (κ2) is 12.0. The van der Waals surface area contributed by atoms with Crippen LogP contribution in [0.1, 0.15) is 62.7 Å². The van der Waals surface area contributed by atoms with Gasteiger partial charge in [-0.25, -0.2) is 0 Å². The average Bonchev–Trinajstić information content (AvgIpc) is 3.25. The van der Waals surface area contributed by atoms with Crippen molar-refractivity contribution in [2.45, 2.75) is 70.4 Å². The Morgan fingerprint density at radius 3 is 2.28 bits per heavy atom. The Morgan fingerprint density at radius 1 is 1.03 bits per heavy atom. The van der Waals surface area contributed by atoms with Gasteiger partial charge in [-0.15, -0.1) is 0 Å². The third kappa shape index (κ3) is 6.84. The molecule has 0 spiro atoms. The molecule has 1 saturated carbocycles. The lowest BCUT2D eigenvalue weighted by Gasteiger charge is -2.31. The molecule has 2 amide bonds. The van der Waals surface area contributed by atoms with Crippen LogP contribution in [0.25, 0.3) is 0 Å². The summed E-state index contributed by atoms with van der Waals surface area (Å²) in [5.74, 6) is -0.599. The Kier molecular flexibility index (Phi) is 9.64. The van der Waals surface area contributed by atoms with Crippen LogP contribution in [-0.2, 0) is 4.79 Å². The van der Waals surface area contributed by atoms with Gasteiger partial charge < -0.3 is 25.6 Å². The van der Waals surface area contributed by atoms with Gasteiger partial charge in [0.15, 0.2) is 0 Å². The van der Waals surface area contributed by atoms with Crippen LogP contribution in [0, 0.1) is 0 Å². The number of carbonyl (C=O) groups excluding carboxylic acids is 2. The first-order valence-electron chi connectivity index (χ1n) is 10.8. The van der Waals surface area contributed by atoms with Gasteiger partial charge in [0.25, 0.3) is 5.91 Å². The third-order valence-electron chi connectivity index (χ3n) is 5.60. The molecule has 1 aromatic rings. The molecule has 0 aromatic heterocycles. The van der Waals surface area contributed by atoms with E-state index >= 15 is 0 Å². The highest BCUT2D eigenvalue weighted by Gasteiger charge is 2.36. The van der Waals surface area contributed by atoms with Crippen molar-refractivity contribution in [3.8, 4) is 0 Å². The molecule has 2 aliphatic rings. The summed E-state index contributed by atoms with van der Waals surface area (Å²) < 4.78 is 0. The van der Waals surface area contributed by atoms with Crippen molar-refractivity contribution in [1.82, 2.24) is 15.5 Å². The molecule has 160 valence electrons. The van der Waals surface area contributed by atoms with E-state index < -0.39 is 13.1 Å². The van der Waals surface area contributed by atoms with Crippen molar-refractivity contribution in [2.75, 3.05) is 13.1 Å². The van der Waals surface area contributed by atoms with Crippen molar-refractivity contribution in [3.63, 3.8) is 0 Å². The van der Waals surface area contributed by atoms with Crippen LogP contribution in [0.15, 0.2) is 30.3 Å². The van der Waals surface area contributed by atoms with Crippen LogP contribution in [0.5, 0.6) is 0 Å². The second-order valence-electron chi connectivity index (χ2n) is 7.48. The molecule has 8 heteroatoms. The van der Waals surface area contributed by atoms with Crippen molar-refractivity contribution in [2.24, 2.45) is 0 Å². The summed E-state index contributed by atoms with van der Waals surface area (Å²) in [6.07, 6.45) is 5.01. The van der Waals surface area contributed by atoms with E-state index in [1.165, 1.54) is 0 Å². The number of hydrogen-bond donors (Lipinski definition) is 4. The predicted octanol–water partition coefficient (Wildman–Crippen LogP) is 1.35. The van der Waals surface area contributed by atoms with Crippen LogP contribution >= 0.6 is 0 Å². The van der Waals surface area contributed by atoms with Gasteiger partial charge in [0.05, 0.1) is 12.5 Å². The smallest absolute Gasteiger partial charge is 0.426 e. The van der Waals surface area contributed by atoms with E-state index in [2.05, 4.69) is 10.6 Å². The normalized spacial score (nSPS) is 23.7. The minimum Gasteiger partial charge on any atom is -0.426 e. The third-order valence-corrected chi connectivity index (χ3v) is 5.60. The van der Waals surface area contributed by atoms with Gasteiger partial charge in [-0.1, -0.05) is 32.0 Å². The molecule has 1 aromatic carbocycles. The Labute approximate surface area is 174 Å². The van der Waals surface area contributed by atoms with E-state index in [0.29, 0.717) is 18.5 Å². The van der Waals surface area contributed by atoms with E-state index in [9.17, 15) is 19.6 Å². The number of rotatable bonds is 6. The fraction of sp³-hybridized carbons (Fsp3) is 0.619. The quantitative estimate of drug-likeness (QED) is 0.537. The molecule has 1 atom stereocenters. The lowest BCUT2D eigenvalue weighted by atomic mass is 9.78. The first-order chi connectivity index (χ1) is 14.0. The molecular formula is C21H34BN3O4. The van der Waals surface area contributed by atoms with Gasteiger partial charge in [0.2, 0.25) is 5.91 Å². The standard InChI is InChI=1S/C19H28BN3O4.C2H6/c24-18(23-12-4-7-17(23)20(26)27)13-21-15-8-10-16(11-9-15)22-19(25)14-5-2-1-3-6-14;1-2/h1-3,5-6,15-17,21,26-27H,4,7-13H2,(H,22,25);1-2H3. The number of nitrogens with one attached hydrogen (secondary N) is 2. The molecule has 4 N–H and O–H groups in total. The van der Waals surface area contributed by atoms with Crippen molar-refractivity contribution in [1.29, 1.82) is 0 Å². The molecule has 1 saturated heterocycles. The van der Waals surface area contributed by atoms with Crippen LogP contribution < -0.4 is 10.6 Å². The van der Waals surface area contributed by atoms with Crippen LogP contribution in [-0.4, -0.2) is 65.0 Å². The minimum atomic E-state index is -1.47. The molecular weight excluding hydrogens is 369 g/mol. The highest BCUT2D eigenvalue weighted by molar-refractivity contribution is 6.43.